The summed E-state index contributed by atoms with van der Waals surface area (Å²) in [4.78, 5) is 26.3. The minimum absolute atomic E-state index is 0.256. The number of rotatable bonds is 4. The molecule has 1 aromatic heterocycles. The third kappa shape index (κ3) is 3.33. The van der Waals surface area contributed by atoms with Gasteiger partial charge in [0.15, 0.2) is 11.5 Å². The van der Waals surface area contributed by atoms with E-state index in [2.05, 4.69) is 26.8 Å². The molecule has 0 N–H and O–H groups in total. The SMILES string of the molecule is COc1cc2cc3c(c(-c4cnc(N5CCN(C)CC5)nc4)c2cc1OC)C(=O)OC3. The Morgan fingerprint density at radius 1 is 0.935 bits per heavy atom. The highest BCUT2D eigenvalue weighted by Crippen LogP contribution is 2.42. The number of hydrogen-bond donors (Lipinski definition) is 0. The number of ether oxygens (including phenoxy) is 3. The van der Waals surface area contributed by atoms with Crippen molar-refractivity contribution < 1.29 is 19.0 Å². The van der Waals surface area contributed by atoms with Gasteiger partial charge in [-0.1, -0.05) is 0 Å². The van der Waals surface area contributed by atoms with Crippen LogP contribution in [0, 0.1) is 0 Å². The molecular formula is C23H24N4O4. The van der Waals surface area contributed by atoms with Crippen LogP contribution in [0.2, 0.25) is 0 Å². The maximum atomic E-state index is 12.6. The Labute approximate surface area is 180 Å². The first-order valence-electron chi connectivity index (χ1n) is 10.2. The van der Waals surface area contributed by atoms with Crippen molar-refractivity contribution in [1.82, 2.24) is 14.9 Å². The molecule has 2 aromatic carbocycles. The number of likely N-dealkylation sites (N-methyl/N-ethyl adjacent to an activating group) is 1. The quantitative estimate of drug-likeness (QED) is 0.597. The number of nitrogens with zero attached hydrogens (tertiary/aromatic N) is 4. The lowest BCUT2D eigenvalue weighted by molar-refractivity contribution is 0.0535. The number of aromatic nitrogens is 2. The van der Waals surface area contributed by atoms with Crippen LogP contribution in [0.5, 0.6) is 11.5 Å². The van der Waals surface area contributed by atoms with E-state index in [0.717, 1.165) is 53.6 Å². The van der Waals surface area contributed by atoms with Gasteiger partial charge in [0, 0.05) is 55.3 Å². The smallest absolute Gasteiger partial charge is 0.339 e. The normalized spacial score (nSPS) is 16.4. The molecule has 0 spiro atoms. The second-order valence-electron chi connectivity index (χ2n) is 7.85. The third-order valence-electron chi connectivity index (χ3n) is 6.00. The third-order valence-corrected chi connectivity index (χ3v) is 6.00. The second kappa shape index (κ2) is 7.70. The number of carbonyl (C=O) groups excluding carboxylic acids is 1. The van der Waals surface area contributed by atoms with Crippen molar-refractivity contribution in [3.05, 3.63) is 41.7 Å². The number of fused-ring (bicyclic) bond motifs is 2. The predicted octanol–water partition coefficient (Wildman–Crippen LogP) is 2.74. The summed E-state index contributed by atoms with van der Waals surface area (Å²) >= 11 is 0. The number of benzene rings is 2. The lowest BCUT2D eigenvalue weighted by Crippen LogP contribution is -2.45. The summed E-state index contributed by atoms with van der Waals surface area (Å²) in [5.74, 6) is 1.60. The van der Waals surface area contributed by atoms with Gasteiger partial charge in [0.1, 0.15) is 6.61 Å². The molecule has 0 unspecified atom stereocenters. The molecular weight excluding hydrogens is 396 g/mol. The van der Waals surface area contributed by atoms with E-state index in [1.54, 1.807) is 26.6 Å². The molecule has 0 aliphatic carbocycles. The van der Waals surface area contributed by atoms with Gasteiger partial charge in [-0.15, -0.1) is 0 Å². The Hall–Kier alpha value is -3.39. The summed E-state index contributed by atoms with van der Waals surface area (Å²) in [6, 6.07) is 5.78. The Kier molecular flexibility index (Phi) is 4.86. The van der Waals surface area contributed by atoms with Gasteiger partial charge >= 0.3 is 5.97 Å². The van der Waals surface area contributed by atoms with Gasteiger partial charge in [-0.25, -0.2) is 14.8 Å². The summed E-state index contributed by atoms with van der Waals surface area (Å²) in [5, 5.41) is 1.80. The first-order valence-corrected chi connectivity index (χ1v) is 10.2. The Morgan fingerprint density at radius 3 is 2.29 bits per heavy atom. The lowest BCUT2D eigenvalue weighted by Gasteiger charge is -2.32. The summed E-state index contributed by atoms with van der Waals surface area (Å²) in [6.07, 6.45) is 3.58. The minimum atomic E-state index is -0.329. The summed E-state index contributed by atoms with van der Waals surface area (Å²) < 4.78 is 16.3. The highest BCUT2D eigenvalue weighted by atomic mass is 16.5. The van der Waals surface area contributed by atoms with Gasteiger partial charge < -0.3 is 24.0 Å². The monoisotopic (exact) mass is 420 g/mol. The van der Waals surface area contributed by atoms with E-state index < -0.39 is 0 Å². The molecule has 1 fully saturated rings. The van der Waals surface area contributed by atoms with Gasteiger partial charge in [0.2, 0.25) is 5.95 Å². The van der Waals surface area contributed by atoms with E-state index in [0.29, 0.717) is 23.0 Å². The highest BCUT2D eigenvalue weighted by Gasteiger charge is 2.29. The van der Waals surface area contributed by atoms with E-state index in [9.17, 15) is 4.79 Å². The van der Waals surface area contributed by atoms with Crippen molar-refractivity contribution in [2.24, 2.45) is 0 Å². The van der Waals surface area contributed by atoms with Crippen LogP contribution in [0.15, 0.2) is 30.6 Å². The largest absolute Gasteiger partial charge is 0.493 e. The molecule has 3 heterocycles. The molecule has 0 atom stereocenters. The van der Waals surface area contributed by atoms with Crippen LogP contribution in [0.4, 0.5) is 5.95 Å². The minimum Gasteiger partial charge on any atom is -0.493 e. The maximum Gasteiger partial charge on any atom is 0.339 e. The van der Waals surface area contributed by atoms with Crippen LogP contribution < -0.4 is 14.4 Å². The van der Waals surface area contributed by atoms with Crippen LogP contribution in [0.3, 0.4) is 0 Å². The summed E-state index contributed by atoms with van der Waals surface area (Å²) in [5.41, 5.74) is 2.95. The van der Waals surface area contributed by atoms with Crippen molar-refractivity contribution in [3.8, 4) is 22.6 Å². The summed E-state index contributed by atoms with van der Waals surface area (Å²) in [7, 11) is 5.32. The molecule has 160 valence electrons. The molecule has 0 bridgehead atoms. The number of methoxy groups -OCH3 is 2. The molecule has 0 amide bonds. The van der Waals surface area contributed by atoms with Crippen LogP contribution in [0.25, 0.3) is 21.9 Å². The number of carbonyl (C=O) groups is 1. The maximum absolute atomic E-state index is 12.6. The molecule has 1 saturated heterocycles. The fourth-order valence-corrected chi connectivity index (χ4v) is 4.27. The molecule has 31 heavy (non-hydrogen) atoms. The summed E-state index contributed by atoms with van der Waals surface area (Å²) in [6.45, 7) is 4.00. The van der Waals surface area contributed by atoms with E-state index >= 15 is 0 Å². The van der Waals surface area contributed by atoms with E-state index in [-0.39, 0.29) is 12.6 Å². The Bertz CT molecular complexity index is 1150. The van der Waals surface area contributed by atoms with Crippen LogP contribution in [-0.2, 0) is 11.3 Å². The van der Waals surface area contributed by atoms with Crippen LogP contribution in [0.1, 0.15) is 15.9 Å². The van der Waals surface area contributed by atoms with Crippen LogP contribution in [-0.4, -0.2) is 68.3 Å². The van der Waals surface area contributed by atoms with Crippen molar-refractivity contribution in [2.45, 2.75) is 6.61 Å². The predicted molar refractivity (Wildman–Crippen MR) is 117 cm³/mol. The fraction of sp³-hybridized carbons (Fsp3) is 0.348. The molecule has 8 nitrogen and oxygen atoms in total. The van der Waals surface area contributed by atoms with E-state index in [4.69, 9.17) is 14.2 Å². The number of anilines is 1. The Balaban J connectivity index is 1.64. The molecule has 0 saturated carbocycles. The second-order valence-corrected chi connectivity index (χ2v) is 7.85. The van der Waals surface area contributed by atoms with Crippen LogP contribution >= 0.6 is 0 Å². The van der Waals surface area contributed by atoms with Gasteiger partial charge in [-0.05, 0) is 36.0 Å². The van der Waals surface area contributed by atoms with Gasteiger partial charge in [-0.2, -0.15) is 0 Å². The molecule has 0 radical (unpaired) electrons. The zero-order chi connectivity index (χ0) is 21.5. The zero-order valence-electron chi connectivity index (χ0n) is 17.8. The molecule has 2 aliphatic rings. The average Bonchev–Trinajstić information content (AvgIpc) is 3.17. The van der Waals surface area contributed by atoms with Crippen molar-refractivity contribution in [1.29, 1.82) is 0 Å². The average molecular weight is 420 g/mol. The van der Waals surface area contributed by atoms with Crippen molar-refractivity contribution in [3.63, 3.8) is 0 Å². The van der Waals surface area contributed by atoms with E-state index in [1.807, 2.05) is 18.2 Å². The fourth-order valence-electron chi connectivity index (χ4n) is 4.27. The number of esters is 1. The van der Waals surface area contributed by atoms with Crippen molar-refractivity contribution in [2.75, 3.05) is 52.3 Å². The standard InChI is InChI=1S/C23H24N4O4/c1-26-4-6-27(7-5-26)23-24-11-16(12-25-23)20-17-10-19(30-3)18(29-2)9-14(17)8-15-13-31-22(28)21(15)20/h8-12H,4-7,13H2,1-3H3. The molecule has 3 aromatic rings. The zero-order valence-corrected chi connectivity index (χ0v) is 17.8. The molecule has 5 rings (SSSR count). The van der Waals surface area contributed by atoms with Gasteiger partial charge in [-0.3, -0.25) is 0 Å². The number of hydrogen-bond acceptors (Lipinski definition) is 8. The molecule has 2 aliphatic heterocycles. The highest BCUT2D eigenvalue weighted by molar-refractivity contribution is 6.11. The number of piperazine rings is 1. The van der Waals surface area contributed by atoms with Gasteiger partial charge in [0.05, 0.1) is 19.8 Å². The molecule has 8 heteroatoms. The number of cyclic esters (lactones) is 1. The van der Waals surface area contributed by atoms with Crippen molar-refractivity contribution >= 4 is 22.7 Å². The topological polar surface area (TPSA) is 77.0 Å². The Morgan fingerprint density at radius 2 is 1.61 bits per heavy atom. The van der Waals surface area contributed by atoms with Gasteiger partial charge in [0.25, 0.3) is 0 Å². The first-order chi connectivity index (χ1) is 15.1. The van der Waals surface area contributed by atoms with E-state index in [1.165, 1.54) is 0 Å². The first kappa shape index (κ1) is 19.6. The lowest BCUT2D eigenvalue weighted by atomic mass is 9.91.